The number of para-hydroxylation sites is 1. The SMILES string of the molecule is COc1ccccc1CNC(=O)C1CCCN(S(=O)(=O)N2CCCCC2)C1. The molecule has 150 valence electrons. The molecule has 1 atom stereocenters. The fourth-order valence-electron chi connectivity index (χ4n) is 3.80. The molecule has 7 nitrogen and oxygen atoms in total. The largest absolute Gasteiger partial charge is 0.496 e. The first kappa shape index (κ1) is 20.1. The average Bonchev–Trinajstić information content (AvgIpc) is 2.73. The van der Waals surface area contributed by atoms with Crippen LogP contribution in [0.5, 0.6) is 5.75 Å². The minimum absolute atomic E-state index is 0.0977. The van der Waals surface area contributed by atoms with Crippen molar-refractivity contribution in [2.45, 2.75) is 38.6 Å². The lowest BCUT2D eigenvalue weighted by Crippen LogP contribution is -2.51. The van der Waals surface area contributed by atoms with Gasteiger partial charge >= 0.3 is 0 Å². The number of nitrogens with one attached hydrogen (secondary N) is 1. The van der Waals surface area contributed by atoms with Crippen molar-refractivity contribution in [3.63, 3.8) is 0 Å². The molecule has 2 aliphatic rings. The van der Waals surface area contributed by atoms with Crippen LogP contribution in [0.4, 0.5) is 0 Å². The number of hydrogen-bond acceptors (Lipinski definition) is 4. The van der Waals surface area contributed by atoms with Crippen LogP contribution in [0.2, 0.25) is 0 Å². The van der Waals surface area contributed by atoms with Crippen molar-refractivity contribution in [1.29, 1.82) is 0 Å². The molecule has 8 heteroatoms. The standard InChI is InChI=1S/C19H29N3O4S/c1-26-18-10-4-3-8-16(18)14-20-19(23)17-9-7-13-22(15-17)27(24,25)21-11-5-2-6-12-21/h3-4,8,10,17H,2,5-7,9,11-15H2,1H3,(H,20,23). The molecule has 0 aliphatic carbocycles. The van der Waals surface area contributed by atoms with Crippen molar-refractivity contribution in [3.8, 4) is 5.75 Å². The van der Waals surface area contributed by atoms with Gasteiger partial charge in [0.25, 0.3) is 10.2 Å². The third kappa shape index (κ3) is 4.80. The van der Waals surface area contributed by atoms with Gasteiger partial charge in [0.15, 0.2) is 0 Å². The van der Waals surface area contributed by atoms with Gasteiger partial charge < -0.3 is 10.1 Å². The van der Waals surface area contributed by atoms with E-state index in [0.717, 1.165) is 30.6 Å². The lowest BCUT2D eigenvalue weighted by molar-refractivity contribution is -0.126. The van der Waals surface area contributed by atoms with Gasteiger partial charge in [-0.15, -0.1) is 0 Å². The lowest BCUT2D eigenvalue weighted by atomic mass is 9.98. The van der Waals surface area contributed by atoms with Gasteiger partial charge in [-0.2, -0.15) is 17.0 Å². The molecule has 1 N–H and O–H groups in total. The Kier molecular flexibility index (Phi) is 6.73. The molecule has 0 saturated carbocycles. The van der Waals surface area contributed by atoms with Crippen LogP contribution in [0.1, 0.15) is 37.7 Å². The molecule has 0 spiro atoms. The van der Waals surface area contributed by atoms with E-state index >= 15 is 0 Å². The van der Waals surface area contributed by atoms with E-state index in [1.165, 1.54) is 4.31 Å². The highest BCUT2D eigenvalue weighted by Gasteiger charge is 2.36. The maximum Gasteiger partial charge on any atom is 0.281 e. The van der Waals surface area contributed by atoms with Crippen LogP contribution in [-0.2, 0) is 21.5 Å². The van der Waals surface area contributed by atoms with E-state index in [1.54, 1.807) is 11.4 Å². The highest BCUT2D eigenvalue weighted by Crippen LogP contribution is 2.24. The number of benzene rings is 1. The van der Waals surface area contributed by atoms with Crippen LogP contribution in [0, 0.1) is 5.92 Å². The highest BCUT2D eigenvalue weighted by atomic mass is 32.2. The number of hydrogen-bond donors (Lipinski definition) is 1. The molecule has 0 bridgehead atoms. The zero-order valence-electron chi connectivity index (χ0n) is 15.9. The quantitative estimate of drug-likeness (QED) is 0.796. The zero-order chi connectivity index (χ0) is 19.3. The summed E-state index contributed by atoms with van der Waals surface area (Å²) in [5, 5.41) is 2.94. The van der Waals surface area contributed by atoms with Gasteiger partial charge in [-0.05, 0) is 31.7 Å². The van der Waals surface area contributed by atoms with Crippen LogP contribution < -0.4 is 10.1 Å². The van der Waals surface area contributed by atoms with E-state index in [1.807, 2.05) is 24.3 Å². The summed E-state index contributed by atoms with van der Waals surface area (Å²) in [7, 11) is -1.86. The summed E-state index contributed by atoms with van der Waals surface area (Å²) >= 11 is 0. The summed E-state index contributed by atoms with van der Waals surface area (Å²) in [4.78, 5) is 12.6. The smallest absolute Gasteiger partial charge is 0.281 e. The molecule has 2 aliphatic heterocycles. The summed E-state index contributed by atoms with van der Waals surface area (Å²) in [6, 6.07) is 7.55. The second-order valence-corrected chi connectivity index (χ2v) is 9.12. The number of piperidine rings is 2. The molecule has 2 fully saturated rings. The van der Waals surface area contributed by atoms with Gasteiger partial charge in [0, 0.05) is 38.3 Å². The first-order chi connectivity index (χ1) is 13.0. The van der Waals surface area contributed by atoms with Crippen LogP contribution in [0.25, 0.3) is 0 Å². The number of carbonyl (C=O) groups is 1. The summed E-state index contributed by atoms with van der Waals surface area (Å²) < 4.78 is 34.1. The number of rotatable bonds is 6. The summed E-state index contributed by atoms with van der Waals surface area (Å²) in [5.41, 5.74) is 0.905. The lowest BCUT2D eigenvalue weighted by Gasteiger charge is -2.36. The van der Waals surface area contributed by atoms with E-state index in [0.29, 0.717) is 39.0 Å². The summed E-state index contributed by atoms with van der Waals surface area (Å²) in [6.07, 6.45) is 4.33. The Balaban J connectivity index is 1.59. The number of carbonyl (C=O) groups excluding carboxylic acids is 1. The minimum atomic E-state index is -3.46. The molecule has 0 aromatic heterocycles. The van der Waals surface area contributed by atoms with Crippen molar-refractivity contribution in [1.82, 2.24) is 13.9 Å². The van der Waals surface area contributed by atoms with Crippen molar-refractivity contribution >= 4 is 16.1 Å². The fraction of sp³-hybridized carbons (Fsp3) is 0.632. The third-order valence-corrected chi connectivity index (χ3v) is 7.37. The minimum Gasteiger partial charge on any atom is -0.496 e. The number of ether oxygens (including phenoxy) is 1. The van der Waals surface area contributed by atoms with E-state index in [9.17, 15) is 13.2 Å². The molecule has 1 aromatic rings. The molecule has 1 amide bonds. The maximum atomic E-state index is 12.9. The van der Waals surface area contributed by atoms with E-state index in [2.05, 4.69) is 5.32 Å². The Morgan fingerprint density at radius 2 is 1.81 bits per heavy atom. The van der Waals surface area contributed by atoms with Gasteiger partial charge in [0.05, 0.1) is 13.0 Å². The average molecular weight is 396 g/mol. The monoisotopic (exact) mass is 395 g/mol. The first-order valence-corrected chi connectivity index (χ1v) is 11.1. The predicted octanol–water partition coefficient (Wildman–Crippen LogP) is 1.75. The van der Waals surface area contributed by atoms with E-state index in [4.69, 9.17) is 4.74 Å². The predicted molar refractivity (Wildman–Crippen MR) is 103 cm³/mol. The van der Waals surface area contributed by atoms with Crippen molar-refractivity contribution in [2.24, 2.45) is 5.92 Å². The Labute approximate surface area is 161 Å². The topological polar surface area (TPSA) is 79.0 Å². The van der Waals surface area contributed by atoms with Crippen LogP contribution >= 0.6 is 0 Å². The maximum absolute atomic E-state index is 12.9. The number of amides is 1. The van der Waals surface area contributed by atoms with E-state index in [-0.39, 0.29) is 18.4 Å². The molecule has 1 unspecified atom stereocenters. The zero-order valence-corrected chi connectivity index (χ0v) is 16.7. The summed E-state index contributed by atoms with van der Waals surface area (Å²) in [6.45, 7) is 2.30. The molecule has 0 radical (unpaired) electrons. The van der Waals surface area contributed by atoms with Crippen molar-refractivity contribution < 1.29 is 17.9 Å². The second kappa shape index (κ2) is 9.03. The Morgan fingerprint density at radius 3 is 2.56 bits per heavy atom. The van der Waals surface area contributed by atoms with Gasteiger partial charge in [-0.25, -0.2) is 0 Å². The Bertz CT molecular complexity index is 747. The molecular formula is C19H29N3O4S. The first-order valence-electron chi connectivity index (χ1n) is 9.67. The molecule has 2 heterocycles. The molecule has 1 aromatic carbocycles. The molecular weight excluding hydrogens is 366 g/mol. The second-order valence-electron chi connectivity index (χ2n) is 7.19. The Morgan fingerprint density at radius 1 is 1.11 bits per heavy atom. The Hall–Kier alpha value is -1.64. The molecule has 3 rings (SSSR count). The van der Waals surface area contributed by atoms with Crippen LogP contribution in [0.15, 0.2) is 24.3 Å². The third-order valence-electron chi connectivity index (χ3n) is 5.37. The van der Waals surface area contributed by atoms with Crippen molar-refractivity contribution in [3.05, 3.63) is 29.8 Å². The van der Waals surface area contributed by atoms with Gasteiger partial charge in [0.1, 0.15) is 5.75 Å². The number of nitrogens with zero attached hydrogens (tertiary/aromatic N) is 2. The molecule has 27 heavy (non-hydrogen) atoms. The van der Waals surface area contributed by atoms with Gasteiger partial charge in [-0.3, -0.25) is 4.79 Å². The fourth-order valence-corrected chi connectivity index (χ4v) is 5.57. The van der Waals surface area contributed by atoms with Gasteiger partial charge in [0.2, 0.25) is 5.91 Å². The summed E-state index contributed by atoms with van der Waals surface area (Å²) in [5.74, 6) is 0.322. The normalized spacial score (nSPS) is 22.3. The highest BCUT2D eigenvalue weighted by molar-refractivity contribution is 7.86. The molecule has 2 saturated heterocycles. The number of methoxy groups -OCH3 is 1. The van der Waals surface area contributed by atoms with Gasteiger partial charge in [-0.1, -0.05) is 24.6 Å². The van der Waals surface area contributed by atoms with Crippen molar-refractivity contribution in [2.75, 3.05) is 33.3 Å². The van der Waals surface area contributed by atoms with Crippen LogP contribution in [-0.4, -0.2) is 56.2 Å². The van der Waals surface area contributed by atoms with Crippen LogP contribution in [0.3, 0.4) is 0 Å². The van der Waals surface area contributed by atoms with E-state index < -0.39 is 10.2 Å².